The second-order valence-corrected chi connectivity index (χ2v) is 5.42. The monoisotopic (exact) mass is 226 g/mol. The summed E-state index contributed by atoms with van der Waals surface area (Å²) in [4.78, 5) is 10.7. The third-order valence-electron chi connectivity index (χ3n) is 3.19. The third kappa shape index (κ3) is 3.63. The second-order valence-electron chi connectivity index (χ2n) is 5.42. The molecule has 0 aromatic heterocycles. The van der Waals surface area contributed by atoms with Gasteiger partial charge in [-0.05, 0) is 44.1 Å². The van der Waals surface area contributed by atoms with Crippen molar-refractivity contribution in [2.24, 2.45) is 5.41 Å². The highest BCUT2D eigenvalue weighted by molar-refractivity contribution is 5.71. The summed E-state index contributed by atoms with van der Waals surface area (Å²) in [6.07, 6.45) is 4.63. The molecule has 3 nitrogen and oxygen atoms in total. The Bertz CT molecular complexity index is 292. The molecule has 0 spiro atoms. The van der Waals surface area contributed by atoms with E-state index >= 15 is 0 Å². The molecule has 0 aliphatic heterocycles. The van der Waals surface area contributed by atoms with Gasteiger partial charge in [0.15, 0.2) is 6.10 Å². The molecule has 3 heteroatoms. The van der Waals surface area contributed by atoms with Crippen LogP contribution in [0.2, 0.25) is 0 Å². The summed E-state index contributed by atoms with van der Waals surface area (Å²) in [5.41, 5.74) is 1.55. The van der Waals surface area contributed by atoms with Crippen molar-refractivity contribution in [3.05, 3.63) is 11.6 Å². The zero-order chi connectivity index (χ0) is 12.3. The van der Waals surface area contributed by atoms with Crippen molar-refractivity contribution in [2.75, 3.05) is 0 Å². The average molecular weight is 226 g/mol. The van der Waals surface area contributed by atoms with Crippen molar-refractivity contribution in [1.82, 2.24) is 0 Å². The molecule has 0 amide bonds. The summed E-state index contributed by atoms with van der Waals surface area (Å²) in [7, 11) is 0. The van der Waals surface area contributed by atoms with E-state index in [2.05, 4.69) is 19.9 Å². The molecule has 1 aliphatic carbocycles. The lowest BCUT2D eigenvalue weighted by molar-refractivity contribution is -0.151. The molecule has 1 aliphatic rings. The maximum absolute atomic E-state index is 10.7. The summed E-state index contributed by atoms with van der Waals surface area (Å²) in [6.45, 7) is 8.00. The number of carbonyl (C=O) groups is 1. The van der Waals surface area contributed by atoms with Crippen molar-refractivity contribution in [1.29, 1.82) is 0 Å². The highest BCUT2D eigenvalue weighted by Gasteiger charge is 2.27. The smallest absolute Gasteiger partial charge is 0.332 e. The van der Waals surface area contributed by atoms with E-state index in [1.165, 1.54) is 12.0 Å². The molecule has 0 fully saturated rings. The fraction of sp³-hybridized carbons (Fsp3) is 0.769. The summed E-state index contributed by atoms with van der Waals surface area (Å²) >= 11 is 0. The summed E-state index contributed by atoms with van der Waals surface area (Å²) in [5.74, 6) is -0.900. The number of hydrogen-bond acceptors (Lipinski definition) is 2. The van der Waals surface area contributed by atoms with Crippen LogP contribution in [0.3, 0.4) is 0 Å². The van der Waals surface area contributed by atoms with Gasteiger partial charge in [0.1, 0.15) is 0 Å². The Morgan fingerprint density at radius 3 is 2.62 bits per heavy atom. The van der Waals surface area contributed by atoms with Gasteiger partial charge in [-0.15, -0.1) is 0 Å². The maximum Gasteiger partial charge on any atom is 0.332 e. The van der Waals surface area contributed by atoms with Crippen LogP contribution >= 0.6 is 0 Å². The van der Waals surface area contributed by atoms with Gasteiger partial charge in [0, 0.05) is 0 Å². The Labute approximate surface area is 97.5 Å². The Hall–Kier alpha value is -0.830. The van der Waals surface area contributed by atoms with Gasteiger partial charge < -0.3 is 9.84 Å². The molecule has 2 unspecified atom stereocenters. The first-order chi connectivity index (χ1) is 7.32. The lowest BCUT2D eigenvalue weighted by atomic mass is 9.76. The van der Waals surface area contributed by atoms with Gasteiger partial charge in [-0.2, -0.15) is 0 Å². The quantitative estimate of drug-likeness (QED) is 0.749. The van der Waals surface area contributed by atoms with Gasteiger partial charge in [0.05, 0.1) is 6.10 Å². The Kier molecular flexibility index (Phi) is 4.14. The molecular weight excluding hydrogens is 204 g/mol. The van der Waals surface area contributed by atoms with Crippen LogP contribution in [0.15, 0.2) is 11.6 Å². The number of carboxylic acids is 1. The molecule has 92 valence electrons. The van der Waals surface area contributed by atoms with E-state index in [0.717, 1.165) is 12.8 Å². The van der Waals surface area contributed by atoms with Crippen LogP contribution in [0.1, 0.15) is 47.0 Å². The normalized spacial score (nSPS) is 23.4. The lowest BCUT2D eigenvalue weighted by Crippen LogP contribution is -2.29. The molecular formula is C13H22O3. The molecule has 0 aromatic rings. The lowest BCUT2D eigenvalue weighted by Gasteiger charge is -2.32. The van der Waals surface area contributed by atoms with E-state index in [0.29, 0.717) is 5.41 Å². The van der Waals surface area contributed by atoms with Crippen molar-refractivity contribution in [2.45, 2.75) is 59.2 Å². The summed E-state index contributed by atoms with van der Waals surface area (Å²) in [6, 6.07) is 0. The van der Waals surface area contributed by atoms with E-state index < -0.39 is 12.1 Å². The highest BCUT2D eigenvalue weighted by atomic mass is 16.5. The van der Waals surface area contributed by atoms with Gasteiger partial charge in [0.25, 0.3) is 0 Å². The predicted molar refractivity (Wildman–Crippen MR) is 63.4 cm³/mol. The molecule has 0 saturated carbocycles. The first kappa shape index (κ1) is 13.2. The molecule has 0 heterocycles. The SMILES string of the molecule is CC(OC(C)C1=CCCC(C)(C)C1)C(=O)O. The summed E-state index contributed by atoms with van der Waals surface area (Å²) < 4.78 is 5.48. The standard InChI is InChI=1S/C13H22O3/c1-9(16-10(2)12(14)15)11-6-5-7-13(3,4)8-11/h6,9-10H,5,7-8H2,1-4H3,(H,14,15). The van der Waals surface area contributed by atoms with Crippen LogP contribution in [0.5, 0.6) is 0 Å². The first-order valence-corrected chi connectivity index (χ1v) is 5.89. The molecule has 0 aromatic carbocycles. The van der Waals surface area contributed by atoms with Crippen LogP contribution in [0.25, 0.3) is 0 Å². The molecule has 16 heavy (non-hydrogen) atoms. The minimum atomic E-state index is -0.900. The van der Waals surface area contributed by atoms with Crippen molar-refractivity contribution >= 4 is 5.97 Å². The van der Waals surface area contributed by atoms with Crippen LogP contribution < -0.4 is 0 Å². The molecule has 0 radical (unpaired) electrons. The largest absolute Gasteiger partial charge is 0.479 e. The minimum absolute atomic E-state index is 0.0920. The van der Waals surface area contributed by atoms with Gasteiger partial charge in [-0.1, -0.05) is 19.9 Å². The number of aliphatic carboxylic acids is 1. The fourth-order valence-corrected chi connectivity index (χ4v) is 2.12. The topological polar surface area (TPSA) is 46.5 Å². The van der Waals surface area contributed by atoms with E-state index in [1.807, 2.05) is 6.92 Å². The van der Waals surface area contributed by atoms with Crippen LogP contribution in [0.4, 0.5) is 0 Å². The predicted octanol–water partition coefficient (Wildman–Crippen LogP) is 3.00. The Balaban J connectivity index is 2.57. The molecule has 1 rings (SSSR count). The van der Waals surface area contributed by atoms with Gasteiger partial charge >= 0.3 is 5.97 Å². The maximum atomic E-state index is 10.7. The van der Waals surface area contributed by atoms with Crippen molar-refractivity contribution in [3.8, 4) is 0 Å². The van der Waals surface area contributed by atoms with Gasteiger partial charge in [-0.3, -0.25) is 0 Å². The van der Waals surface area contributed by atoms with E-state index in [-0.39, 0.29) is 6.10 Å². The van der Waals surface area contributed by atoms with E-state index in [1.54, 1.807) is 6.92 Å². The number of ether oxygens (including phenoxy) is 1. The first-order valence-electron chi connectivity index (χ1n) is 5.89. The Morgan fingerprint density at radius 1 is 1.50 bits per heavy atom. The Morgan fingerprint density at radius 2 is 2.12 bits per heavy atom. The third-order valence-corrected chi connectivity index (χ3v) is 3.19. The molecule has 0 saturated heterocycles. The van der Waals surface area contributed by atoms with Crippen LogP contribution in [0, 0.1) is 5.41 Å². The fourth-order valence-electron chi connectivity index (χ4n) is 2.12. The van der Waals surface area contributed by atoms with E-state index in [9.17, 15) is 4.79 Å². The van der Waals surface area contributed by atoms with Crippen molar-refractivity contribution < 1.29 is 14.6 Å². The van der Waals surface area contributed by atoms with Crippen LogP contribution in [-0.4, -0.2) is 23.3 Å². The number of rotatable bonds is 4. The molecule has 0 bridgehead atoms. The van der Waals surface area contributed by atoms with Crippen molar-refractivity contribution in [3.63, 3.8) is 0 Å². The minimum Gasteiger partial charge on any atom is -0.479 e. The van der Waals surface area contributed by atoms with Gasteiger partial charge in [0.2, 0.25) is 0 Å². The number of carboxylic acid groups (broad SMARTS) is 1. The van der Waals surface area contributed by atoms with E-state index in [4.69, 9.17) is 9.84 Å². The zero-order valence-electron chi connectivity index (χ0n) is 10.6. The molecule has 2 atom stereocenters. The zero-order valence-corrected chi connectivity index (χ0v) is 10.6. The molecule has 1 N–H and O–H groups in total. The number of hydrogen-bond donors (Lipinski definition) is 1. The second kappa shape index (κ2) is 5.00. The van der Waals surface area contributed by atoms with Crippen LogP contribution in [-0.2, 0) is 9.53 Å². The highest BCUT2D eigenvalue weighted by Crippen LogP contribution is 2.36. The summed E-state index contributed by atoms with van der Waals surface area (Å²) in [5, 5.41) is 8.79. The number of allylic oxidation sites excluding steroid dienone is 1. The average Bonchev–Trinajstić information content (AvgIpc) is 2.15. The van der Waals surface area contributed by atoms with Gasteiger partial charge in [-0.25, -0.2) is 4.79 Å².